The molecule has 1 aromatic heterocycles. The Kier molecular flexibility index (Phi) is 2.76. The molecule has 6 heteroatoms. The smallest absolute Gasteiger partial charge is 0.311 e. The first-order chi connectivity index (χ1) is 5.72. The van der Waals surface area contributed by atoms with Crippen molar-refractivity contribution in [2.45, 2.75) is 12.8 Å². The van der Waals surface area contributed by atoms with Crippen LogP contribution in [0.2, 0.25) is 0 Å². The fraction of sp³-hybridized carbons (Fsp3) is 0.500. The SMILES string of the molecule is O=C(O)Cc1noc(CCO)n1. The van der Waals surface area contributed by atoms with E-state index in [1.807, 2.05) is 0 Å². The van der Waals surface area contributed by atoms with E-state index in [0.717, 1.165) is 0 Å². The summed E-state index contributed by atoms with van der Waals surface area (Å²) in [5, 5.41) is 20.2. The van der Waals surface area contributed by atoms with E-state index in [0.29, 0.717) is 0 Å². The van der Waals surface area contributed by atoms with Crippen LogP contribution < -0.4 is 0 Å². The number of carboxylic acids is 1. The van der Waals surface area contributed by atoms with Crippen LogP contribution in [-0.4, -0.2) is 32.9 Å². The lowest BCUT2D eigenvalue weighted by atomic mass is 10.4. The standard InChI is InChI=1S/C6H8N2O4/c9-2-1-5-7-4(8-12-5)3-6(10)11/h9H,1-3H2,(H,10,11). The minimum atomic E-state index is -1.01. The predicted molar refractivity (Wildman–Crippen MR) is 36.4 cm³/mol. The zero-order chi connectivity index (χ0) is 8.97. The maximum absolute atomic E-state index is 10.2. The third kappa shape index (κ3) is 2.31. The Balaban J connectivity index is 2.58. The van der Waals surface area contributed by atoms with Gasteiger partial charge >= 0.3 is 5.97 Å². The summed E-state index contributed by atoms with van der Waals surface area (Å²) < 4.78 is 4.62. The van der Waals surface area contributed by atoms with Gasteiger partial charge in [-0.25, -0.2) is 0 Å². The molecule has 0 bridgehead atoms. The molecule has 1 rings (SSSR count). The van der Waals surface area contributed by atoms with Gasteiger partial charge in [-0.1, -0.05) is 5.16 Å². The zero-order valence-corrected chi connectivity index (χ0v) is 6.23. The number of aliphatic carboxylic acids is 1. The molecule has 0 unspecified atom stereocenters. The van der Waals surface area contributed by atoms with Crippen molar-refractivity contribution in [1.29, 1.82) is 0 Å². The molecule has 0 atom stereocenters. The fourth-order valence-electron chi connectivity index (χ4n) is 0.694. The van der Waals surface area contributed by atoms with E-state index in [9.17, 15) is 4.79 Å². The maximum Gasteiger partial charge on any atom is 0.311 e. The van der Waals surface area contributed by atoms with Gasteiger partial charge in [0.2, 0.25) is 5.89 Å². The van der Waals surface area contributed by atoms with Crippen LogP contribution >= 0.6 is 0 Å². The summed E-state index contributed by atoms with van der Waals surface area (Å²) in [5.74, 6) is -0.619. The number of rotatable bonds is 4. The molecule has 0 saturated carbocycles. The zero-order valence-electron chi connectivity index (χ0n) is 6.23. The van der Waals surface area contributed by atoms with Crippen molar-refractivity contribution in [2.75, 3.05) is 6.61 Å². The molecule has 0 aliphatic rings. The maximum atomic E-state index is 10.2. The van der Waals surface area contributed by atoms with Crippen LogP contribution in [0, 0.1) is 0 Å². The summed E-state index contributed by atoms with van der Waals surface area (Å²) in [7, 11) is 0. The normalized spacial score (nSPS) is 10.1. The molecular weight excluding hydrogens is 164 g/mol. The molecule has 1 aromatic rings. The van der Waals surface area contributed by atoms with Gasteiger partial charge in [0.15, 0.2) is 5.82 Å². The summed E-state index contributed by atoms with van der Waals surface area (Å²) in [6, 6.07) is 0. The largest absolute Gasteiger partial charge is 0.481 e. The minimum Gasteiger partial charge on any atom is -0.481 e. The van der Waals surface area contributed by atoms with Gasteiger partial charge in [-0.05, 0) is 0 Å². The Labute approximate surface area is 67.8 Å². The molecule has 66 valence electrons. The summed E-state index contributed by atoms with van der Waals surface area (Å²) in [5.41, 5.74) is 0. The molecule has 1 heterocycles. The first-order valence-corrected chi connectivity index (χ1v) is 3.36. The Morgan fingerprint density at radius 1 is 1.58 bits per heavy atom. The quantitative estimate of drug-likeness (QED) is 0.619. The second kappa shape index (κ2) is 3.82. The number of carbonyl (C=O) groups is 1. The van der Waals surface area contributed by atoms with Gasteiger partial charge < -0.3 is 14.7 Å². The first kappa shape index (κ1) is 8.66. The molecule has 0 spiro atoms. The van der Waals surface area contributed by atoms with Crippen LogP contribution in [0.15, 0.2) is 4.52 Å². The Hall–Kier alpha value is -1.43. The van der Waals surface area contributed by atoms with Crippen molar-refractivity contribution in [3.8, 4) is 0 Å². The Bertz CT molecular complexity index is 270. The average Bonchev–Trinajstić information content (AvgIpc) is 2.36. The molecule has 0 saturated heterocycles. The van der Waals surface area contributed by atoms with Crippen molar-refractivity contribution in [3.63, 3.8) is 0 Å². The molecule has 2 N–H and O–H groups in total. The molecule has 12 heavy (non-hydrogen) atoms. The summed E-state index contributed by atoms with van der Waals surface area (Å²) in [6.07, 6.45) is 0.00154. The van der Waals surface area contributed by atoms with Crippen molar-refractivity contribution >= 4 is 5.97 Å². The second-order valence-corrected chi connectivity index (χ2v) is 2.15. The van der Waals surface area contributed by atoms with Crippen LogP contribution in [0.5, 0.6) is 0 Å². The van der Waals surface area contributed by atoms with Crippen LogP contribution in [-0.2, 0) is 17.6 Å². The highest BCUT2D eigenvalue weighted by atomic mass is 16.5. The number of aliphatic hydroxyl groups is 1. The van der Waals surface area contributed by atoms with Crippen molar-refractivity contribution in [3.05, 3.63) is 11.7 Å². The van der Waals surface area contributed by atoms with Crippen molar-refractivity contribution < 1.29 is 19.5 Å². The van der Waals surface area contributed by atoms with Crippen molar-refractivity contribution in [1.82, 2.24) is 10.1 Å². The third-order valence-electron chi connectivity index (χ3n) is 1.15. The van der Waals surface area contributed by atoms with Gasteiger partial charge in [0.25, 0.3) is 0 Å². The van der Waals surface area contributed by atoms with Gasteiger partial charge in [-0.15, -0.1) is 0 Å². The number of aromatic nitrogens is 2. The predicted octanol–water partition coefficient (Wildman–Crippen LogP) is -0.768. The molecule has 0 radical (unpaired) electrons. The molecule has 0 aliphatic heterocycles. The summed E-state index contributed by atoms with van der Waals surface area (Å²) in [6.45, 7) is -0.0886. The number of carboxylic acid groups (broad SMARTS) is 1. The van der Waals surface area contributed by atoms with Crippen LogP contribution in [0.3, 0.4) is 0 Å². The molecule has 0 fully saturated rings. The highest BCUT2D eigenvalue weighted by Crippen LogP contribution is 1.98. The van der Waals surface area contributed by atoms with Gasteiger partial charge in [0, 0.05) is 0 Å². The Morgan fingerprint density at radius 3 is 2.92 bits per heavy atom. The lowest BCUT2D eigenvalue weighted by Gasteiger charge is -1.84. The molecule has 0 aliphatic carbocycles. The monoisotopic (exact) mass is 172 g/mol. The highest BCUT2D eigenvalue weighted by Gasteiger charge is 2.08. The Morgan fingerprint density at radius 2 is 2.33 bits per heavy atom. The molecule has 6 nitrogen and oxygen atoms in total. The van der Waals surface area contributed by atoms with Gasteiger partial charge in [-0.2, -0.15) is 4.98 Å². The third-order valence-corrected chi connectivity index (χ3v) is 1.15. The number of hydrogen-bond donors (Lipinski definition) is 2. The lowest BCUT2D eigenvalue weighted by molar-refractivity contribution is -0.136. The van der Waals surface area contributed by atoms with E-state index >= 15 is 0 Å². The van der Waals surface area contributed by atoms with E-state index in [1.165, 1.54) is 0 Å². The minimum absolute atomic E-state index is 0.0886. The van der Waals surface area contributed by atoms with E-state index in [4.69, 9.17) is 10.2 Å². The van der Waals surface area contributed by atoms with Crippen LogP contribution in [0.25, 0.3) is 0 Å². The van der Waals surface area contributed by atoms with E-state index in [-0.39, 0.29) is 31.2 Å². The van der Waals surface area contributed by atoms with E-state index in [1.54, 1.807) is 0 Å². The fourth-order valence-corrected chi connectivity index (χ4v) is 0.694. The van der Waals surface area contributed by atoms with Gasteiger partial charge in [0.1, 0.15) is 6.42 Å². The van der Waals surface area contributed by atoms with Gasteiger partial charge in [-0.3, -0.25) is 4.79 Å². The highest BCUT2D eigenvalue weighted by molar-refractivity contribution is 5.68. The summed E-state index contributed by atoms with van der Waals surface area (Å²) in [4.78, 5) is 13.9. The van der Waals surface area contributed by atoms with E-state index in [2.05, 4.69) is 14.7 Å². The number of nitrogens with zero attached hydrogens (tertiary/aromatic N) is 2. The van der Waals surface area contributed by atoms with Crippen molar-refractivity contribution in [2.24, 2.45) is 0 Å². The van der Waals surface area contributed by atoms with Crippen LogP contribution in [0.1, 0.15) is 11.7 Å². The lowest BCUT2D eigenvalue weighted by Crippen LogP contribution is -2.01. The first-order valence-electron chi connectivity index (χ1n) is 3.36. The molecule has 0 amide bonds. The van der Waals surface area contributed by atoms with Crippen LogP contribution in [0.4, 0.5) is 0 Å². The van der Waals surface area contributed by atoms with E-state index < -0.39 is 5.97 Å². The van der Waals surface area contributed by atoms with Gasteiger partial charge in [0.05, 0.1) is 13.0 Å². The topological polar surface area (TPSA) is 96.5 Å². The number of hydrogen-bond acceptors (Lipinski definition) is 5. The summed E-state index contributed by atoms with van der Waals surface area (Å²) >= 11 is 0. The number of aliphatic hydroxyl groups excluding tert-OH is 1. The molecule has 0 aromatic carbocycles. The molecular formula is C6H8N2O4. The average molecular weight is 172 g/mol. The second-order valence-electron chi connectivity index (χ2n) is 2.15.